The number of Topliss-reactive ketones (excluding diaryl/α,β-unsaturated/α-hetero) is 1. The molecule has 1 fully saturated rings. The van der Waals surface area contributed by atoms with Gasteiger partial charge < -0.3 is 25.7 Å². The van der Waals surface area contributed by atoms with E-state index in [2.05, 4.69) is 15.5 Å². The number of amides is 2. The van der Waals surface area contributed by atoms with Gasteiger partial charge in [-0.25, -0.2) is 9.78 Å². The van der Waals surface area contributed by atoms with Gasteiger partial charge in [0.25, 0.3) is 11.8 Å². The van der Waals surface area contributed by atoms with Gasteiger partial charge in [-0.05, 0) is 6.92 Å². The van der Waals surface area contributed by atoms with E-state index in [1.807, 2.05) is 0 Å². The number of aliphatic carboxylic acids is 1. The van der Waals surface area contributed by atoms with Crippen LogP contribution in [0.2, 0.25) is 0 Å². The zero-order valence-corrected chi connectivity index (χ0v) is 19.0. The number of thiazole rings is 1. The van der Waals surface area contributed by atoms with E-state index >= 15 is 0 Å². The van der Waals surface area contributed by atoms with Crippen molar-refractivity contribution in [3.63, 3.8) is 0 Å². The predicted molar refractivity (Wildman–Crippen MR) is 116 cm³/mol. The summed E-state index contributed by atoms with van der Waals surface area (Å²) in [5.41, 5.74) is 5.46. The molecule has 4 N–H and O–H groups in total. The van der Waals surface area contributed by atoms with Gasteiger partial charge in [0, 0.05) is 16.7 Å². The van der Waals surface area contributed by atoms with Gasteiger partial charge in [-0.1, -0.05) is 5.16 Å². The van der Waals surface area contributed by atoms with E-state index in [1.54, 1.807) is 0 Å². The number of aromatic nitrogens is 1. The lowest BCUT2D eigenvalue weighted by Gasteiger charge is -2.49. The van der Waals surface area contributed by atoms with Gasteiger partial charge in [-0.2, -0.15) is 0 Å². The van der Waals surface area contributed by atoms with E-state index in [-0.39, 0.29) is 40.2 Å². The number of carboxylic acids is 1. The largest absolute Gasteiger partial charge is 0.477 e. The second-order valence-electron chi connectivity index (χ2n) is 6.85. The van der Waals surface area contributed by atoms with Crippen molar-refractivity contribution in [2.24, 2.45) is 5.16 Å². The van der Waals surface area contributed by atoms with E-state index in [4.69, 9.17) is 15.3 Å². The zero-order chi connectivity index (χ0) is 24.3. The van der Waals surface area contributed by atoms with Gasteiger partial charge in [0.1, 0.15) is 48.7 Å². The molecule has 0 saturated carbocycles. The van der Waals surface area contributed by atoms with Gasteiger partial charge in [0.15, 0.2) is 10.8 Å². The van der Waals surface area contributed by atoms with Gasteiger partial charge in [-0.3, -0.25) is 24.1 Å². The number of anilines is 1. The van der Waals surface area contributed by atoms with Crippen molar-refractivity contribution >= 4 is 63.5 Å². The Bertz CT molecular complexity index is 1080. The van der Waals surface area contributed by atoms with Crippen molar-refractivity contribution in [2.75, 3.05) is 25.2 Å². The van der Waals surface area contributed by atoms with Crippen LogP contribution in [0.25, 0.3) is 0 Å². The third-order valence-corrected chi connectivity index (χ3v) is 6.51. The number of thioether (sulfide) groups is 1. The third-order valence-electron chi connectivity index (χ3n) is 4.50. The number of ether oxygens (including phenoxy) is 1. The molecule has 3 rings (SSSR count). The Hall–Kier alpha value is -3.46. The first-order valence-corrected chi connectivity index (χ1v) is 11.2. The van der Waals surface area contributed by atoms with Crippen molar-refractivity contribution in [1.29, 1.82) is 0 Å². The molecule has 15 heteroatoms. The maximum Gasteiger partial charge on any atom is 0.352 e. The van der Waals surface area contributed by atoms with Crippen LogP contribution in [0.1, 0.15) is 19.0 Å². The van der Waals surface area contributed by atoms with Crippen LogP contribution in [-0.4, -0.2) is 81.1 Å². The number of esters is 1. The maximum atomic E-state index is 12.7. The summed E-state index contributed by atoms with van der Waals surface area (Å²) in [5.74, 6) is -3.82. The number of hydrogen-bond acceptors (Lipinski definition) is 12. The molecule has 2 aliphatic heterocycles. The van der Waals surface area contributed by atoms with Crippen molar-refractivity contribution < 1.29 is 38.7 Å². The highest BCUT2D eigenvalue weighted by atomic mass is 32.2. The van der Waals surface area contributed by atoms with E-state index in [0.717, 1.165) is 16.2 Å². The first kappa shape index (κ1) is 24.2. The van der Waals surface area contributed by atoms with E-state index in [9.17, 15) is 29.1 Å². The second kappa shape index (κ2) is 9.99. The van der Waals surface area contributed by atoms with Crippen molar-refractivity contribution in [2.45, 2.75) is 24.8 Å². The molecule has 1 aromatic heterocycles. The summed E-state index contributed by atoms with van der Waals surface area (Å²) in [7, 11) is 1.24. The molecule has 2 amide bonds. The fourth-order valence-electron chi connectivity index (χ4n) is 3.12. The first-order valence-electron chi connectivity index (χ1n) is 9.32. The topological polar surface area (TPSA) is 191 Å². The fourth-order valence-corrected chi connectivity index (χ4v) is 4.99. The monoisotopic (exact) mass is 497 g/mol. The van der Waals surface area contributed by atoms with Crippen LogP contribution < -0.4 is 11.1 Å². The normalized spacial score (nSPS) is 20.0. The lowest BCUT2D eigenvalue weighted by atomic mass is 10.0. The minimum Gasteiger partial charge on any atom is -0.477 e. The molecule has 0 aliphatic carbocycles. The summed E-state index contributed by atoms with van der Waals surface area (Å²) in [6.07, 6.45) is -0.432. The molecule has 3 heterocycles. The number of carbonyl (C=O) groups is 5. The molecule has 0 spiro atoms. The molecule has 176 valence electrons. The Morgan fingerprint density at radius 2 is 2.12 bits per heavy atom. The molecule has 0 bridgehead atoms. The number of rotatable bonds is 9. The molecule has 2 atom stereocenters. The number of nitrogens with zero attached hydrogens (tertiary/aromatic N) is 3. The molecule has 1 unspecified atom stereocenters. The molecule has 33 heavy (non-hydrogen) atoms. The fraction of sp³-hybridized carbons (Fsp3) is 0.389. The number of carboxylic acid groups (broad SMARTS) is 1. The highest BCUT2D eigenvalue weighted by Gasteiger charge is 2.54. The SMILES string of the molecule is CON=C(C(=O)NC1C(=O)N2C(C(=O)O)=C(COC(=O)CC(C)=O)CS[C@@H]12)c1csc(N)n1. The number of ketones is 1. The maximum absolute atomic E-state index is 12.7. The summed E-state index contributed by atoms with van der Waals surface area (Å²) in [4.78, 5) is 69.6. The van der Waals surface area contributed by atoms with Gasteiger partial charge in [0.05, 0.1) is 0 Å². The number of oxime groups is 1. The van der Waals surface area contributed by atoms with Crippen molar-refractivity contribution in [3.8, 4) is 0 Å². The Morgan fingerprint density at radius 1 is 1.39 bits per heavy atom. The van der Waals surface area contributed by atoms with Crippen LogP contribution in [0, 0.1) is 0 Å². The Labute approximate surface area is 195 Å². The van der Waals surface area contributed by atoms with Gasteiger partial charge >= 0.3 is 11.9 Å². The van der Waals surface area contributed by atoms with E-state index < -0.39 is 47.4 Å². The Kier molecular flexibility index (Phi) is 7.33. The number of fused-ring (bicyclic) bond motifs is 1. The summed E-state index contributed by atoms with van der Waals surface area (Å²) in [6.45, 7) is 0.855. The number of nitrogens with two attached hydrogens (primary N) is 1. The zero-order valence-electron chi connectivity index (χ0n) is 17.4. The first-order chi connectivity index (χ1) is 15.6. The summed E-state index contributed by atoms with van der Waals surface area (Å²) in [5, 5.41) is 16.8. The minimum absolute atomic E-state index is 0.136. The molecule has 1 aromatic rings. The van der Waals surface area contributed by atoms with Crippen LogP contribution in [0.15, 0.2) is 21.8 Å². The summed E-state index contributed by atoms with van der Waals surface area (Å²) in [6, 6.07) is -1.02. The Balaban J connectivity index is 1.73. The van der Waals surface area contributed by atoms with Crippen LogP contribution in [0.4, 0.5) is 5.13 Å². The summed E-state index contributed by atoms with van der Waals surface area (Å²) >= 11 is 2.28. The molecular formula is C18H19N5O8S2. The van der Waals surface area contributed by atoms with E-state index in [0.29, 0.717) is 0 Å². The number of β-lactam (4-membered cyclic amide) rings is 1. The standard InChI is InChI=1S/C18H19N5O8S2/c1-7(24)3-10(25)31-4-8-5-32-16-12(15(27)23(16)13(8)17(28)29)21-14(26)11(22-30-2)9-6-33-18(19)20-9/h6,12,16H,3-5H2,1-2H3,(H2,19,20)(H,21,26)(H,28,29)/t12?,16-/m0/s1. The lowest BCUT2D eigenvalue weighted by molar-refractivity contribution is -0.150. The van der Waals surface area contributed by atoms with E-state index in [1.165, 1.54) is 31.2 Å². The second-order valence-corrected chi connectivity index (χ2v) is 8.85. The average molecular weight is 498 g/mol. The quantitative estimate of drug-likeness (QED) is 0.129. The highest BCUT2D eigenvalue weighted by Crippen LogP contribution is 2.40. The number of nitrogen functional groups attached to an aromatic ring is 1. The Morgan fingerprint density at radius 3 is 2.70 bits per heavy atom. The third kappa shape index (κ3) is 5.14. The summed E-state index contributed by atoms with van der Waals surface area (Å²) < 4.78 is 4.97. The van der Waals surface area contributed by atoms with Crippen molar-refractivity contribution in [1.82, 2.24) is 15.2 Å². The van der Waals surface area contributed by atoms with Crippen LogP contribution in [-0.2, 0) is 33.5 Å². The average Bonchev–Trinajstić information content (AvgIpc) is 3.18. The smallest absolute Gasteiger partial charge is 0.352 e. The van der Waals surface area contributed by atoms with Gasteiger partial charge in [0.2, 0.25) is 0 Å². The molecule has 13 nitrogen and oxygen atoms in total. The number of hydrogen-bond donors (Lipinski definition) is 3. The number of carbonyl (C=O) groups excluding carboxylic acids is 4. The lowest BCUT2D eigenvalue weighted by Crippen LogP contribution is -2.71. The molecule has 2 aliphatic rings. The minimum atomic E-state index is -1.38. The molecular weight excluding hydrogens is 478 g/mol. The van der Waals surface area contributed by atoms with Crippen LogP contribution in [0.3, 0.4) is 0 Å². The van der Waals surface area contributed by atoms with Crippen molar-refractivity contribution in [3.05, 3.63) is 22.3 Å². The van der Waals surface area contributed by atoms with Gasteiger partial charge in [-0.15, -0.1) is 23.1 Å². The highest BCUT2D eigenvalue weighted by molar-refractivity contribution is 8.00. The molecule has 1 saturated heterocycles. The predicted octanol–water partition coefficient (Wildman–Crippen LogP) is -0.663. The van der Waals surface area contributed by atoms with Crippen LogP contribution >= 0.6 is 23.1 Å². The number of nitrogens with one attached hydrogen (secondary N) is 1. The molecule has 0 radical (unpaired) electrons. The van der Waals surface area contributed by atoms with Crippen LogP contribution in [0.5, 0.6) is 0 Å². The molecule has 0 aromatic carbocycles.